The number of amides is 1. The summed E-state index contributed by atoms with van der Waals surface area (Å²) in [5.74, 6) is -1.11. The molecule has 0 unspecified atom stereocenters. The summed E-state index contributed by atoms with van der Waals surface area (Å²) in [6, 6.07) is 4.96. The molecule has 1 amide bonds. The highest BCUT2D eigenvalue weighted by Crippen LogP contribution is 2.30. The Morgan fingerprint density at radius 1 is 1.21 bits per heavy atom. The number of alkyl halides is 3. The number of carbonyl (C=O) groups is 2. The van der Waals surface area contributed by atoms with E-state index in [1.807, 2.05) is 0 Å². The number of benzene rings is 1. The van der Waals surface area contributed by atoms with Crippen LogP contribution in [0.15, 0.2) is 45.5 Å². The fourth-order valence-corrected chi connectivity index (χ4v) is 2.90. The second kappa shape index (κ2) is 8.80. The van der Waals surface area contributed by atoms with Crippen molar-refractivity contribution in [2.45, 2.75) is 26.8 Å². The summed E-state index contributed by atoms with van der Waals surface area (Å²) >= 11 is 0. The van der Waals surface area contributed by atoms with E-state index in [-0.39, 0.29) is 46.9 Å². The third-order valence-electron chi connectivity index (χ3n) is 4.21. The lowest BCUT2D eigenvalue weighted by molar-refractivity contribution is -0.274. The zero-order valence-electron chi connectivity index (χ0n) is 17.6. The van der Waals surface area contributed by atoms with E-state index in [1.54, 1.807) is 0 Å². The van der Waals surface area contributed by atoms with Gasteiger partial charge in [-0.1, -0.05) is 12.1 Å². The van der Waals surface area contributed by atoms with Gasteiger partial charge in [0.2, 0.25) is 5.78 Å². The minimum absolute atomic E-state index is 0.0469. The van der Waals surface area contributed by atoms with E-state index >= 15 is 0 Å². The lowest BCUT2D eigenvalue weighted by Crippen LogP contribution is -2.17. The van der Waals surface area contributed by atoms with Gasteiger partial charge in [-0.25, -0.2) is 9.97 Å². The van der Waals surface area contributed by atoms with Crippen molar-refractivity contribution in [3.63, 3.8) is 0 Å². The number of halogens is 3. The molecule has 1 aromatic carbocycles. The Kier molecular flexibility index (Phi) is 5.88. The number of carbonyl (C=O) groups excluding carboxylic acids is 2. The molecule has 0 saturated heterocycles. The number of Topliss-reactive ketones (excluding diaryl/α,β-unsaturated/α-hetero) is 1. The zero-order chi connectivity index (χ0) is 24.5. The van der Waals surface area contributed by atoms with Crippen molar-refractivity contribution in [3.05, 3.63) is 59.9 Å². The van der Waals surface area contributed by atoms with Crippen LogP contribution in [0.5, 0.6) is 5.75 Å². The van der Waals surface area contributed by atoms with Crippen molar-refractivity contribution in [1.29, 1.82) is 0 Å². The van der Waals surface area contributed by atoms with Crippen molar-refractivity contribution in [1.82, 2.24) is 25.0 Å². The first-order valence-corrected chi connectivity index (χ1v) is 9.58. The van der Waals surface area contributed by atoms with Crippen LogP contribution in [-0.4, -0.2) is 43.0 Å². The van der Waals surface area contributed by atoms with E-state index < -0.39 is 18.0 Å². The molecule has 0 bridgehead atoms. The Morgan fingerprint density at radius 2 is 2.00 bits per heavy atom. The highest BCUT2D eigenvalue weighted by Gasteiger charge is 2.31. The van der Waals surface area contributed by atoms with Crippen LogP contribution >= 0.6 is 0 Å². The largest absolute Gasteiger partial charge is 0.573 e. The highest BCUT2D eigenvalue weighted by atomic mass is 19.4. The summed E-state index contributed by atoms with van der Waals surface area (Å²) in [5.41, 5.74) is -0.0136. The van der Waals surface area contributed by atoms with Crippen molar-refractivity contribution in [2.24, 2.45) is 0 Å². The van der Waals surface area contributed by atoms with E-state index in [0.717, 1.165) is 12.1 Å². The zero-order valence-corrected chi connectivity index (χ0v) is 17.6. The Morgan fingerprint density at radius 3 is 2.71 bits per heavy atom. The van der Waals surface area contributed by atoms with Crippen LogP contribution in [0.3, 0.4) is 0 Å². The predicted octanol–water partition coefficient (Wildman–Crippen LogP) is 3.63. The maximum atomic E-state index is 12.8. The van der Waals surface area contributed by atoms with Gasteiger partial charge in [0.15, 0.2) is 23.2 Å². The van der Waals surface area contributed by atoms with Crippen LogP contribution in [0, 0.1) is 6.92 Å². The molecule has 4 aromatic rings. The molecular weight excluding hydrogens is 461 g/mol. The molecular formula is C20H15F3N6O5. The first-order chi connectivity index (χ1) is 16.1. The van der Waals surface area contributed by atoms with Gasteiger partial charge in [0, 0.05) is 19.4 Å². The lowest BCUT2D eigenvalue weighted by atomic mass is 10.1. The highest BCUT2D eigenvalue weighted by molar-refractivity contribution is 6.06. The minimum atomic E-state index is -4.87. The number of nitrogens with zero attached hydrogens (tertiary/aromatic N) is 5. The molecule has 1 N–H and O–H groups in total. The number of ether oxygens (including phenoxy) is 1. The van der Waals surface area contributed by atoms with Gasteiger partial charge in [0.05, 0.1) is 12.4 Å². The lowest BCUT2D eigenvalue weighted by Gasteiger charge is -2.09. The number of nitrogens with one attached hydrogen (secondary N) is 1. The van der Waals surface area contributed by atoms with Crippen LogP contribution < -0.4 is 10.1 Å². The second-order valence-corrected chi connectivity index (χ2v) is 6.89. The molecule has 0 fully saturated rings. The molecule has 3 heterocycles. The third kappa shape index (κ3) is 5.28. The van der Waals surface area contributed by atoms with Crippen molar-refractivity contribution in [3.8, 4) is 17.1 Å². The van der Waals surface area contributed by atoms with Crippen molar-refractivity contribution < 1.29 is 36.3 Å². The summed E-state index contributed by atoms with van der Waals surface area (Å²) < 4.78 is 52.3. The van der Waals surface area contributed by atoms with Crippen LogP contribution in [0.4, 0.5) is 19.0 Å². The maximum Gasteiger partial charge on any atom is 0.573 e. The Labute approximate surface area is 188 Å². The van der Waals surface area contributed by atoms with Crippen molar-refractivity contribution >= 4 is 17.5 Å². The number of anilines is 1. The van der Waals surface area contributed by atoms with Crippen molar-refractivity contribution in [2.75, 3.05) is 5.32 Å². The molecule has 0 radical (unpaired) electrons. The molecule has 11 nitrogen and oxygen atoms in total. The molecule has 0 aliphatic rings. The smallest absolute Gasteiger partial charge is 0.440 e. The predicted molar refractivity (Wildman–Crippen MR) is 107 cm³/mol. The molecule has 0 aliphatic heterocycles. The van der Waals surface area contributed by atoms with Gasteiger partial charge in [0.1, 0.15) is 18.1 Å². The van der Waals surface area contributed by atoms with Gasteiger partial charge in [0.25, 0.3) is 11.8 Å². The molecule has 0 spiro atoms. The van der Waals surface area contributed by atoms with E-state index in [0.29, 0.717) is 5.76 Å². The summed E-state index contributed by atoms with van der Waals surface area (Å²) in [5, 5.41) is 10.6. The Balaban J connectivity index is 1.51. The molecule has 34 heavy (non-hydrogen) atoms. The number of oxazole rings is 2. The van der Waals surface area contributed by atoms with Gasteiger partial charge in [-0.15, -0.1) is 18.3 Å². The van der Waals surface area contributed by atoms with E-state index in [9.17, 15) is 22.8 Å². The monoisotopic (exact) mass is 476 g/mol. The number of hydrogen-bond acceptors (Lipinski definition) is 9. The fourth-order valence-electron chi connectivity index (χ4n) is 2.90. The average Bonchev–Trinajstić information content (AvgIpc) is 3.47. The quantitative estimate of drug-likeness (QED) is 0.396. The molecule has 0 atom stereocenters. The summed E-state index contributed by atoms with van der Waals surface area (Å²) in [4.78, 5) is 33.1. The minimum Gasteiger partial charge on any atom is -0.440 e. The molecule has 14 heteroatoms. The number of aryl methyl sites for hydroxylation is 1. The molecule has 176 valence electrons. The number of hydrogen-bond donors (Lipinski definition) is 1. The van der Waals surface area contributed by atoms with Gasteiger partial charge in [-0.2, -0.15) is 9.90 Å². The molecule has 3 aromatic heterocycles. The Hall–Kier alpha value is -4.49. The molecule has 0 saturated carbocycles. The Bertz CT molecular complexity index is 1360. The number of aromatic nitrogens is 5. The van der Waals surface area contributed by atoms with Gasteiger partial charge in [-0.3, -0.25) is 9.59 Å². The fraction of sp³-hybridized carbons (Fsp3) is 0.200. The summed E-state index contributed by atoms with van der Waals surface area (Å²) in [6.07, 6.45) is -2.24. The second-order valence-electron chi connectivity index (χ2n) is 6.89. The first kappa shape index (κ1) is 22.7. The van der Waals surface area contributed by atoms with Crippen LogP contribution in [0.25, 0.3) is 11.3 Å². The van der Waals surface area contributed by atoms with Crippen LogP contribution in [0.1, 0.15) is 39.7 Å². The van der Waals surface area contributed by atoms with Gasteiger partial charge >= 0.3 is 6.36 Å². The molecule has 4 rings (SSSR count). The molecule has 0 aliphatic carbocycles. The number of ketones is 1. The van der Waals surface area contributed by atoms with Gasteiger partial charge in [-0.05, 0) is 12.1 Å². The summed E-state index contributed by atoms with van der Waals surface area (Å²) in [7, 11) is 0. The van der Waals surface area contributed by atoms with Crippen LogP contribution in [-0.2, 0) is 6.54 Å². The average molecular weight is 476 g/mol. The normalized spacial score (nSPS) is 11.4. The van der Waals surface area contributed by atoms with Gasteiger partial charge < -0.3 is 18.9 Å². The maximum absolute atomic E-state index is 12.8. The van der Waals surface area contributed by atoms with E-state index in [1.165, 1.54) is 43.2 Å². The van der Waals surface area contributed by atoms with Crippen LogP contribution in [0.2, 0.25) is 0 Å². The van der Waals surface area contributed by atoms with E-state index in [4.69, 9.17) is 8.83 Å². The summed E-state index contributed by atoms with van der Waals surface area (Å²) in [6.45, 7) is 2.85. The van der Waals surface area contributed by atoms with E-state index in [2.05, 4.69) is 30.2 Å². The first-order valence-electron chi connectivity index (χ1n) is 9.58. The SMILES string of the molecule is CC(=O)c1ncc(Cn2ncc(NC(=O)c3nc(C)oc3-c3cccc(OC(F)(F)F)c3)n2)o1. The third-order valence-corrected chi connectivity index (χ3v) is 4.21. The topological polar surface area (TPSA) is 138 Å². The number of rotatable bonds is 7. The standard InChI is InChI=1S/C20H15F3N6O5/c1-10(30)19-24-7-14(33-19)9-29-25-8-15(28-29)27-18(31)16-17(32-11(2)26-16)12-4-3-5-13(6-12)34-20(21,22)23/h3-8H,9H2,1-2H3,(H,27,28,31).